The normalized spacial score (nSPS) is 10.5. The summed E-state index contributed by atoms with van der Waals surface area (Å²) in [5, 5.41) is 0.988. The Balaban J connectivity index is 1.91. The van der Waals surface area contributed by atoms with Gasteiger partial charge in [-0.1, -0.05) is 43.0 Å². The summed E-state index contributed by atoms with van der Waals surface area (Å²) in [7, 11) is 0. The summed E-state index contributed by atoms with van der Waals surface area (Å²) >= 11 is 0. The lowest BCUT2D eigenvalue weighted by Crippen LogP contribution is -1.95. The van der Waals surface area contributed by atoms with Crippen LogP contribution in [0.2, 0.25) is 0 Å². The Labute approximate surface area is 111 Å². The minimum Gasteiger partial charge on any atom is -0.488 e. The van der Waals surface area contributed by atoms with Gasteiger partial charge in [0.25, 0.3) is 0 Å². The highest BCUT2D eigenvalue weighted by molar-refractivity contribution is 5.86. The molecule has 0 saturated heterocycles. The molecule has 94 valence electrons. The Morgan fingerprint density at radius 1 is 1.11 bits per heavy atom. The van der Waals surface area contributed by atoms with E-state index in [1.807, 2.05) is 48.5 Å². The largest absolute Gasteiger partial charge is 0.488 e. The lowest BCUT2D eigenvalue weighted by molar-refractivity contribution is 0.310. The first-order valence-electron chi connectivity index (χ1n) is 6.17. The molecule has 0 atom stereocenters. The molecule has 2 nitrogen and oxygen atoms in total. The van der Waals surface area contributed by atoms with Crippen molar-refractivity contribution in [3.05, 3.63) is 72.5 Å². The maximum absolute atomic E-state index is 5.90. The third kappa shape index (κ3) is 2.38. The van der Waals surface area contributed by atoms with Gasteiger partial charge in [-0.2, -0.15) is 0 Å². The number of benzene rings is 2. The van der Waals surface area contributed by atoms with E-state index in [4.69, 9.17) is 9.15 Å². The van der Waals surface area contributed by atoms with Gasteiger partial charge in [0.2, 0.25) is 0 Å². The molecule has 1 aromatic heterocycles. The van der Waals surface area contributed by atoms with E-state index >= 15 is 0 Å². The van der Waals surface area contributed by atoms with Crippen LogP contribution in [0.15, 0.2) is 65.8 Å². The Kier molecular flexibility index (Phi) is 3.07. The van der Waals surface area contributed by atoms with E-state index in [0.717, 1.165) is 27.8 Å². The van der Waals surface area contributed by atoms with E-state index in [2.05, 4.69) is 6.58 Å². The zero-order chi connectivity index (χ0) is 13.1. The lowest BCUT2D eigenvalue weighted by Gasteiger charge is -2.08. The van der Waals surface area contributed by atoms with Gasteiger partial charge in [0.15, 0.2) is 0 Å². The van der Waals surface area contributed by atoms with Crippen LogP contribution in [-0.4, -0.2) is 0 Å². The SMILES string of the molecule is C=Cc1cc(OCc2ccccc2)c2ccoc2c1. The third-order valence-corrected chi connectivity index (χ3v) is 3.03. The average Bonchev–Trinajstić information content (AvgIpc) is 2.94. The molecular formula is C17H14O2. The van der Waals surface area contributed by atoms with Crippen LogP contribution in [0.1, 0.15) is 11.1 Å². The average molecular weight is 250 g/mol. The molecule has 3 aromatic rings. The van der Waals surface area contributed by atoms with Crippen molar-refractivity contribution in [3.8, 4) is 5.75 Å². The minimum absolute atomic E-state index is 0.543. The van der Waals surface area contributed by atoms with Crippen molar-refractivity contribution >= 4 is 17.0 Å². The van der Waals surface area contributed by atoms with Gasteiger partial charge in [-0.05, 0) is 29.3 Å². The molecule has 0 saturated carbocycles. The Morgan fingerprint density at radius 2 is 1.95 bits per heavy atom. The molecule has 0 spiro atoms. The predicted molar refractivity (Wildman–Crippen MR) is 77.1 cm³/mol. The van der Waals surface area contributed by atoms with Crippen molar-refractivity contribution in [1.29, 1.82) is 0 Å². The quantitative estimate of drug-likeness (QED) is 0.672. The van der Waals surface area contributed by atoms with Crippen molar-refractivity contribution in [2.24, 2.45) is 0 Å². The standard InChI is InChI=1S/C17H14O2/c1-2-13-10-16-15(8-9-18-16)17(11-13)19-12-14-6-4-3-5-7-14/h2-11H,1,12H2. The van der Waals surface area contributed by atoms with Gasteiger partial charge in [0, 0.05) is 0 Å². The zero-order valence-electron chi connectivity index (χ0n) is 10.5. The Morgan fingerprint density at radius 3 is 2.74 bits per heavy atom. The van der Waals surface area contributed by atoms with E-state index in [9.17, 15) is 0 Å². The second-order valence-corrected chi connectivity index (χ2v) is 4.33. The van der Waals surface area contributed by atoms with Crippen LogP contribution in [0, 0.1) is 0 Å². The van der Waals surface area contributed by atoms with Crippen molar-refractivity contribution in [3.63, 3.8) is 0 Å². The maximum Gasteiger partial charge on any atom is 0.138 e. The summed E-state index contributed by atoms with van der Waals surface area (Å²) in [4.78, 5) is 0. The predicted octanol–water partition coefficient (Wildman–Crippen LogP) is 4.65. The molecular weight excluding hydrogens is 236 g/mol. The number of furan rings is 1. The topological polar surface area (TPSA) is 22.4 Å². The molecule has 2 heteroatoms. The van der Waals surface area contributed by atoms with Crippen LogP contribution in [0.25, 0.3) is 17.0 Å². The molecule has 0 bridgehead atoms. The minimum atomic E-state index is 0.543. The number of fused-ring (bicyclic) bond motifs is 1. The monoisotopic (exact) mass is 250 g/mol. The number of rotatable bonds is 4. The molecule has 3 rings (SSSR count). The molecule has 0 N–H and O–H groups in total. The maximum atomic E-state index is 5.90. The van der Waals surface area contributed by atoms with E-state index < -0.39 is 0 Å². The highest BCUT2D eigenvalue weighted by Gasteiger charge is 2.07. The van der Waals surface area contributed by atoms with Crippen LogP contribution >= 0.6 is 0 Å². The molecule has 0 amide bonds. The van der Waals surface area contributed by atoms with Gasteiger partial charge >= 0.3 is 0 Å². The summed E-state index contributed by atoms with van der Waals surface area (Å²) in [6.45, 7) is 4.33. The van der Waals surface area contributed by atoms with Gasteiger partial charge in [-0.3, -0.25) is 0 Å². The van der Waals surface area contributed by atoms with Crippen LogP contribution in [-0.2, 0) is 6.61 Å². The molecule has 2 aromatic carbocycles. The van der Waals surface area contributed by atoms with Gasteiger partial charge in [0.1, 0.15) is 17.9 Å². The molecule has 0 aliphatic carbocycles. The van der Waals surface area contributed by atoms with Gasteiger partial charge in [0.05, 0.1) is 11.6 Å². The van der Waals surface area contributed by atoms with Gasteiger partial charge < -0.3 is 9.15 Å². The highest BCUT2D eigenvalue weighted by Crippen LogP contribution is 2.29. The van der Waals surface area contributed by atoms with Crippen LogP contribution < -0.4 is 4.74 Å². The second kappa shape index (κ2) is 5.02. The van der Waals surface area contributed by atoms with Crippen molar-refractivity contribution in [1.82, 2.24) is 0 Å². The molecule has 19 heavy (non-hydrogen) atoms. The van der Waals surface area contributed by atoms with Gasteiger partial charge in [-0.25, -0.2) is 0 Å². The summed E-state index contributed by atoms with van der Waals surface area (Å²) < 4.78 is 11.3. The summed E-state index contributed by atoms with van der Waals surface area (Å²) in [5.41, 5.74) is 2.95. The van der Waals surface area contributed by atoms with E-state index in [-0.39, 0.29) is 0 Å². The van der Waals surface area contributed by atoms with Crippen molar-refractivity contribution in [2.75, 3.05) is 0 Å². The third-order valence-electron chi connectivity index (χ3n) is 3.03. The van der Waals surface area contributed by atoms with Gasteiger partial charge in [-0.15, -0.1) is 0 Å². The first kappa shape index (κ1) is 11.6. The fourth-order valence-electron chi connectivity index (χ4n) is 2.03. The zero-order valence-corrected chi connectivity index (χ0v) is 10.5. The fraction of sp³-hybridized carbons (Fsp3) is 0.0588. The Bertz CT molecular complexity index is 696. The highest BCUT2D eigenvalue weighted by atomic mass is 16.5. The fourth-order valence-corrected chi connectivity index (χ4v) is 2.03. The van der Waals surface area contributed by atoms with Crippen LogP contribution in [0.3, 0.4) is 0 Å². The number of ether oxygens (including phenoxy) is 1. The molecule has 0 radical (unpaired) electrons. The number of hydrogen-bond acceptors (Lipinski definition) is 2. The molecule has 0 aliphatic heterocycles. The first-order chi connectivity index (χ1) is 9.36. The summed E-state index contributed by atoms with van der Waals surface area (Å²) in [6, 6.07) is 16.0. The smallest absolute Gasteiger partial charge is 0.138 e. The number of hydrogen-bond donors (Lipinski definition) is 0. The molecule has 0 aliphatic rings. The Hall–Kier alpha value is -2.48. The second-order valence-electron chi connectivity index (χ2n) is 4.33. The summed E-state index contributed by atoms with van der Waals surface area (Å²) in [5.74, 6) is 0.824. The molecule has 0 fully saturated rings. The van der Waals surface area contributed by atoms with Crippen LogP contribution in [0.4, 0.5) is 0 Å². The van der Waals surface area contributed by atoms with E-state index in [1.54, 1.807) is 12.3 Å². The van der Waals surface area contributed by atoms with Crippen LogP contribution in [0.5, 0.6) is 5.75 Å². The molecule has 0 unspecified atom stereocenters. The van der Waals surface area contributed by atoms with Crippen molar-refractivity contribution in [2.45, 2.75) is 6.61 Å². The molecule has 1 heterocycles. The van der Waals surface area contributed by atoms with Crippen molar-refractivity contribution < 1.29 is 9.15 Å². The van der Waals surface area contributed by atoms with E-state index in [1.165, 1.54) is 0 Å². The van der Waals surface area contributed by atoms with E-state index in [0.29, 0.717) is 6.61 Å². The lowest BCUT2D eigenvalue weighted by atomic mass is 10.1. The summed E-state index contributed by atoms with van der Waals surface area (Å²) in [6.07, 6.45) is 3.46. The first-order valence-corrected chi connectivity index (χ1v) is 6.17.